The molecule has 1 aromatic carbocycles. The van der Waals surface area contributed by atoms with Crippen molar-refractivity contribution in [1.82, 2.24) is 0 Å². The molecule has 6 nitrogen and oxygen atoms in total. The molecular weight excluding hydrogens is 268 g/mol. The summed E-state index contributed by atoms with van der Waals surface area (Å²) < 4.78 is 32.5. The first-order valence-electron chi connectivity index (χ1n) is 5.80. The average molecular weight is 282 g/mol. The summed E-state index contributed by atoms with van der Waals surface area (Å²) in [5.74, 6) is -0.434. The van der Waals surface area contributed by atoms with Crippen molar-refractivity contribution >= 4 is 27.5 Å². The monoisotopic (exact) mass is 282 g/mol. The van der Waals surface area contributed by atoms with Gasteiger partial charge in [-0.2, -0.15) is 8.42 Å². The smallest absolute Gasteiger partial charge is 0.313 e. The second kappa shape index (κ2) is 5.00. The van der Waals surface area contributed by atoms with Gasteiger partial charge in [0.2, 0.25) is 0 Å². The fraction of sp³-hybridized carbons (Fsp3) is 0.333. The normalized spacial score (nSPS) is 16.0. The van der Waals surface area contributed by atoms with Crippen molar-refractivity contribution < 1.29 is 17.9 Å². The number of carbonyl (C=O) groups is 1. The van der Waals surface area contributed by atoms with E-state index < -0.39 is 16.0 Å². The van der Waals surface area contributed by atoms with Gasteiger partial charge < -0.3 is 10.1 Å². The summed E-state index contributed by atoms with van der Waals surface area (Å²) in [6, 6.07) is 5.08. The molecular formula is C12H14N2O4S. The van der Waals surface area contributed by atoms with Crippen molar-refractivity contribution in [3.63, 3.8) is 0 Å². The number of hydrogen-bond donors (Lipinski definition) is 1. The molecule has 1 N–H and O–H groups in total. The number of fused-ring (bicyclic) bond motifs is 1. The third-order valence-electron chi connectivity index (χ3n) is 2.60. The van der Waals surface area contributed by atoms with E-state index in [9.17, 15) is 13.2 Å². The fourth-order valence-electron chi connectivity index (χ4n) is 1.89. The van der Waals surface area contributed by atoms with E-state index in [0.29, 0.717) is 11.3 Å². The third-order valence-corrected chi connectivity index (χ3v) is 4.11. The summed E-state index contributed by atoms with van der Waals surface area (Å²) in [6.07, 6.45) is -0.194. The molecule has 0 radical (unpaired) electrons. The highest BCUT2D eigenvalue weighted by molar-refractivity contribution is 7.90. The summed E-state index contributed by atoms with van der Waals surface area (Å²) in [5, 5.41) is 2.85. The number of carbonyl (C=O) groups excluding carboxylic acids is 1. The number of rotatable bonds is 3. The Morgan fingerprint density at radius 2 is 2.16 bits per heavy atom. The van der Waals surface area contributed by atoms with Crippen LogP contribution in [0.3, 0.4) is 0 Å². The Labute approximate surface area is 111 Å². The molecule has 0 fully saturated rings. The van der Waals surface area contributed by atoms with E-state index in [0.717, 1.165) is 0 Å². The average Bonchev–Trinajstić information content (AvgIpc) is 2.27. The highest BCUT2D eigenvalue weighted by Crippen LogP contribution is 2.30. The molecule has 102 valence electrons. The highest BCUT2D eigenvalue weighted by atomic mass is 32.2. The number of ether oxygens (including phenoxy) is 1. The number of amidine groups is 1. The van der Waals surface area contributed by atoms with Crippen LogP contribution in [-0.4, -0.2) is 26.8 Å². The van der Waals surface area contributed by atoms with E-state index >= 15 is 0 Å². The Kier molecular flexibility index (Phi) is 3.57. The molecule has 1 aromatic rings. The predicted octanol–water partition coefficient (Wildman–Crippen LogP) is 1.46. The summed E-state index contributed by atoms with van der Waals surface area (Å²) in [4.78, 5) is 11.5. The molecule has 0 bridgehead atoms. The number of esters is 1. The first-order valence-corrected chi connectivity index (χ1v) is 7.24. The largest absolute Gasteiger partial charge is 0.466 e. The number of benzene rings is 1. The zero-order valence-electron chi connectivity index (χ0n) is 10.6. The van der Waals surface area contributed by atoms with E-state index in [1.165, 1.54) is 0 Å². The quantitative estimate of drug-likeness (QED) is 0.848. The van der Waals surface area contributed by atoms with Crippen LogP contribution < -0.4 is 5.32 Å². The van der Waals surface area contributed by atoms with E-state index in [4.69, 9.17) is 4.74 Å². The molecule has 0 unspecified atom stereocenters. The first-order chi connectivity index (χ1) is 8.94. The number of hydrogen-bond acceptors (Lipinski definition) is 5. The Balaban J connectivity index is 2.35. The fourth-order valence-corrected chi connectivity index (χ4v) is 3.25. The zero-order chi connectivity index (χ0) is 14.0. The Hall–Kier alpha value is -1.89. The first kappa shape index (κ1) is 13.5. The topological polar surface area (TPSA) is 84.8 Å². The van der Waals surface area contributed by atoms with Gasteiger partial charge in [0.25, 0.3) is 10.0 Å². The standard InChI is InChI=1S/C12H14N2O4S/c1-3-18-11(15)7-10-13-9-6-4-5-8(2)12(9)19(16,17)14-10/h4-6H,3,7H2,1-2H3,(H,13,14). The Morgan fingerprint density at radius 3 is 2.84 bits per heavy atom. The molecule has 0 aromatic heterocycles. The van der Waals surface area contributed by atoms with Gasteiger partial charge in [0, 0.05) is 0 Å². The minimum absolute atomic E-state index is 0.0801. The molecule has 0 saturated carbocycles. The van der Waals surface area contributed by atoms with Gasteiger partial charge in [0.15, 0.2) is 0 Å². The second-order valence-electron chi connectivity index (χ2n) is 4.07. The van der Waals surface area contributed by atoms with Gasteiger partial charge in [-0.15, -0.1) is 4.40 Å². The van der Waals surface area contributed by atoms with Crippen LogP contribution in [0.25, 0.3) is 0 Å². The number of nitrogens with zero attached hydrogens (tertiary/aromatic N) is 1. The van der Waals surface area contributed by atoms with E-state index in [-0.39, 0.29) is 23.8 Å². The molecule has 0 spiro atoms. The van der Waals surface area contributed by atoms with Gasteiger partial charge in [-0.05, 0) is 25.5 Å². The predicted molar refractivity (Wildman–Crippen MR) is 70.7 cm³/mol. The molecule has 1 aliphatic rings. The van der Waals surface area contributed by atoms with Crippen LogP contribution in [0.5, 0.6) is 0 Å². The van der Waals surface area contributed by atoms with Crippen molar-refractivity contribution in [2.24, 2.45) is 4.40 Å². The molecule has 0 saturated heterocycles. The number of aryl methyl sites for hydroxylation is 1. The van der Waals surface area contributed by atoms with Crippen LogP contribution in [0.15, 0.2) is 27.5 Å². The maximum Gasteiger partial charge on any atom is 0.313 e. The van der Waals surface area contributed by atoms with Crippen molar-refractivity contribution in [3.05, 3.63) is 23.8 Å². The van der Waals surface area contributed by atoms with Gasteiger partial charge in [-0.3, -0.25) is 4.79 Å². The minimum atomic E-state index is -3.76. The molecule has 7 heteroatoms. The SMILES string of the molecule is CCOC(=O)CC1=NS(=O)(=O)c2c(C)cccc2N1. The highest BCUT2D eigenvalue weighted by Gasteiger charge is 2.27. The van der Waals surface area contributed by atoms with Crippen LogP contribution in [0.4, 0.5) is 5.69 Å². The van der Waals surface area contributed by atoms with Crippen LogP contribution in [0, 0.1) is 6.92 Å². The third kappa shape index (κ3) is 2.76. The second-order valence-corrected chi connectivity index (χ2v) is 5.61. The van der Waals surface area contributed by atoms with Gasteiger partial charge >= 0.3 is 5.97 Å². The molecule has 0 aliphatic carbocycles. The van der Waals surface area contributed by atoms with Crippen molar-refractivity contribution in [2.75, 3.05) is 11.9 Å². The molecule has 19 heavy (non-hydrogen) atoms. The summed E-state index contributed by atoms with van der Waals surface area (Å²) in [5.41, 5.74) is 1.05. The summed E-state index contributed by atoms with van der Waals surface area (Å²) in [7, 11) is -3.76. The van der Waals surface area contributed by atoms with Crippen LogP contribution in [0.2, 0.25) is 0 Å². The Morgan fingerprint density at radius 1 is 1.42 bits per heavy atom. The summed E-state index contributed by atoms with van der Waals surface area (Å²) in [6.45, 7) is 3.63. The summed E-state index contributed by atoms with van der Waals surface area (Å²) >= 11 is 0. The van der Waals surface area contributed by atoms with Crippen LogP contribution in [-0.2, 0) is 19.6 Å². The Bertz CT molecular complexity index is 650. The molecule has 1 heterocycles. The molecule has 0 atom stereocenters. The minimum Gasteiger partial charge on any atom is -0.466 e. The maximum absolute atomic E-state index is 12.1. The number of nitrogens with one attached hydrogen (secondary N) is 1. The van der Waals surface area contributed by atoms with E-state index in [1.807, 2.05) is 0 Å². The van der Waals surface area contributed by atoms with E-state index in [2.05, 4.69) is 9.71 Å². The van der Waals surface area contributed by atoms with Crippen molar-refractivity contribution in [1.29, 1.82) is 0 Å². The number of anilines is 1. The van der Waals surface area contributed by atoms with Gasteiger partial charge in [-0.25, -0.2) is 0 Å². The molecule has 0 amide bonds. The lowest BCUT2D eigenvalue weighted by molar-refractivity contribution is -0.141. The molecule has 2 rings (SSSR count). The molecule has 1 aliphatic heterocycles. The van der Waals surface area contributed by atoms with Gasteiger partial charge in [-0.1, -0.05) is 12.1 Å². The van der Waals surface area contributed by atoms with E-state index in [1.54, 1.807) is 32.0 Å². The van der Waals surface area contributed by atoms with Crippen molar-refractivity contribution in [3.8, 4) is 0 Å². The lowest BCUT2D eigenvalue weighted by Crippen LogP contribution is -2.25. The maximum atomic E-state index is 12.1. The van der Waals surface area contributed by atoms with Gasteiger partial charge in [0.05, 0.1) is 12.3 Å². The lowest BCUT2D eigenvalue weighted by Gasteiger charge is -2.19. The lowest BCUT2D eigenvalue weighted by atomic mass is 10.2. The van der Waals surface area contributed by atoms with Crippen LogP contribution >= 0.6 is 0 Å². The zero-order valence-corrected chi connectivity index (χ0v) is 11.5. The van der Waals surface area contributed by atoms with Gasteiger partial charge in [0.1, 0.15) is 17.2 Å². The number of sulfonamides is 1. The van der Waals surface area contributed by atoms with Crippen molar-refractivity contribution in [2.45, 2.75) is 25.2 Å². The van der Waals surface area contributed by atoms with Crippen LogP contribution in [0.1, 0.15) is 18.9 Å².